The summed E-state index contributed by atoms with van der Waals surface area (Å²) in [7, 11) is 0. The average molecular weight is 299 g/mol. The van der Waals surface area contributed by atoms with E-state index >= 15 is 0 Å². The van der Waals surface area contributed by atoms with E-state index in [4.69, 9.17) is 16.7 Å². The molecule has 0 saturated carbocycles. The molecule has 0 aliphatic rings. The van der Waals surface area contributed by atoms with E-state index < -0.39 is 12.0 Å². The summed E-state index contributed by atoms with van der Waals surface area (Å²) in [4.78, 5) is 23.0. The molecule has 1 aromatic rings. The fourth-order valence-corrected chi connectivity index (χ4v) is 1.67. The van der Waals surface area contributed by atoms with Crippen molar-refractivity contribution in [2.45, 2.75) is 33.7 Å². The van der Waals surface area contributed by atoms with Crippen LogP contribution in [0.15, 0.2) is 18.2 Å². The number of hydrogen-bond donors (Lipinski definition) is 3. The van der Waals surface area contributed by atoms with Crippen LogP contribution in [0.5, 0.6) is 0 Å². The Morgan fingerprint density at radius 3 is 2.40 bits per heavy atom. The van der Waals surface area contributed by atoms with Gasteiger partial charge in [0.2, 0.25) is 0 Å². The predicted molar refractivity (Wildman–Crippen MR) is 79.5 cm³/mol. The number of benzene rings is 1. The molecule has 110 valence electrons. The highest BCUT2D eigenvalue weighted by Crippen LogP contribution is 2.24. The summed E-state index contributed by atoms with van der Waals surface area (Å²) in [6.07, 6.45) is 0. The summed E-state index contributed by atoms with van der Waals surface area (Å²) in [5.74, 6) is -1.19. The number of carbonyl (C=O) groups is 2. The molecular formula is C14H19ClN2O3. The number of anilines is 1. The number of nitrogens with one attached hydrogen (secondary N) is 2. The molecule has 5 nitrogen and oxygen atoms in total. The lowest BCUT2D eigenvalue weighted by Crippen LogP contribution is -2.43. The van der Waals surface area contributed by atoms with E-state index in [2.05, 4.69) is 10.6 Å². The zero-order valence-electron chi connectivity index (χ0n) is 12.0. The van der Waals surface area contributed by atoms with Crippen molar-refractivity contribution in [3.63, 3.8) is 0 Å². The Morgan fingerprint density at radius 1 is 1.30 bits per heavy atom. The third-order valence-electron chi connectivity index (χ3n) is 3.12. The van der Waals surface area contributed by atoms with Gasteiger partial charge in [0, 0.05) is 6.04 Å². The first-order valence-corrected chi connectivity index (χ1v) is 6.60. The second kappa shape index (κ2) is 6.13. The molecule has 1 unspecified atom stereocenters. The van der Waals surface area contributed by atoms with Crippen molar-refractivity contribution >= 4 is 29.3 Å². The van der Waals surface area contributed by atoms with Gasteiger partial charge in [0.25, 0.3) is 0 Å². The highest BCUT2D eigenvalue weighted by atomic mass is 35.5. The van der Waals surface area contributed by atoms with Crippen LogP contribution in [0.3, 0.4) is 0 Å². The molecule has 2 amide bonds. The first-order chi connectivity index (χ1) is 9.12. The smallest absolute Gasteiger partial charge is 0.339 e. The minimum Gasteiger partial charge on any atom is -0.478 e. The third-order valence-corrected chi connectivity index (χ3v) is 3.44. The number of carbonyl (C=O) groups excluding carboxylic acids is 1. The van der Waals surface area contributed by atoms with Gasteiger partial charge in [-0.25, -0.2) is 9.59 Å². The lowest BCUT2D eigenvalue weighted by atomic mass is 9.88. The zero-order chi connectivity index (χ0) is 15.5. The number of carboxylic acids is 1. The van der Waals surface area contributed by atoms with Gasteiger partial charge < -0.3 is 15.7 Å². The van der Waals surface area contributed by atoms with Crippen molar-refractivity contribution in [1.29, 1.82) is 0 Å². The van der Waals surface area contributed by atoms with E-state index in [-0.39, 0.29) is 27.7 Å². The normalized spacial score (nSPS) is 12.7. The summed E-state index contributed by atoms with van der Waals surface area (Å²) in [5.41, 5.74) is -0.0438. The Labute approximate surface area is 123 Å². The number of hydrogen-bond acceptors (Lipinski definition) is 2. The molecule has 0 fully saturated rings. The Bertz CT molecular complexity index is 524. The van der Waals surface area contributed by atoms with Gasteiger partial charge in [-0.2, -0.15) is 0 Å². The van der Waals surface area contributed by atoms with Crippen LogP contribution in [-0.2, 0) is 0 Å². The molecule has 20 heavy (non-hydrogen) atoms. The van der Waals surface area contributed by atoms with Crippen molar-refractivity contribution in [3.05, 3.63) is 28.8 Å². The summed E-state index contributed by atoms with van der Waals surface area (Å²) in [5, 5.41) is 14.5. The number of aromatic carboxylic acids is 1. The predicted octanol–water partition coefficient (Wildman–Crippen LogP) is 3.59. The highest BCUT2D eigenvalue weighted by molar-refractivity contribution is 6.34. The van der Waals surface area contributed by atoms with Gasteiger partial charge >= 0.3 is 12.0 Å². The molecule has 0 aliphatic carbocycles. The minimum absolute atomic E-state index is 0.0741. The van der Waals surface area contributed by atoms with Crippen LogP contribution in [0, 0.1) is 5.41 Å². The number of carboxylic acid groups (broad SMARTS) is 1. The molecule has 1 rings (SSSR count). The van der Waals surface area contributed by atoms with Gasteiger partial charge in [-0.05, 0) is 24.5 Å². The molecule has 0 radical (unpaired) electrons. The van der Waals surface area contributed by atoms with E-state index in [9.17, 15) is 9.59 Å². The van der Waals surface area contributed by atoms with Gasteiger partial charge in [0.1, 0.15) is 5.56 Å². The van der Waals surface area contributed by atoms with Gasteiger partial charge in [-0.3, -0.25) is 0 Å². The van der Waals surface area contributed by atoms with Crippen molar-refractivity contribution < 1.29 is 14.7 Å². The Hall–Kier alpha value is -1.75. The van der Waals surface area contributed by atoms with Crippen LogP contribution < -0.4 is 10.6 Å². The van der Waals surface area contributed by atoms with Gasteiger partial charge in [0.05, 0.1) is 10.7 Å². The van der Waals surface area contributed by atoms with Crippen LogP contribution in [-0.4, -0.2) is 23.1 Å². The van der Waals surface area contributed by atoms with Crippen LogP contribution in [0.25, 0.3) is 0 Å². The average Bonchev–Trinajstić information content (AvgIpc) is 2.26. The molecule has 0 bridgehead atoms. The first kappa shape index (κ1) is 16.3. The van der Waals surface area contributed by atoms with Crippen LogP contribution in [0.4, 0.5) is 10.5 Å². The van der Waals surface area contributed by atoms with E-state index in [0.717, 1.165) is 0 Å². The zero-order valence-corrected chi connectivity index (χ0v) is 12.7. The molecule has 0 saturated heterocycles. The van der Waals surface area contributed by atoms with Crippen LogP contribution >= 0.6 is 11.6 Å². The standard InChI is InChI=1S/C14H19ClN2O3/c1-8(14(2,3)4)16-13(20)17-10-7-5-6-9(15)11(10)12(18)19/h5-8H,1-4H3,(H,18,19)(H2,16,17,20). The number of halogens is 1. The van der Waals surface area contributed by atoms with Gasteiger partial charge in [0.15, 0.2) is 0 Å². The number of rotatable bonds is 3. The van der Waals surface area contributed by atoms with Crippen LogP contribution in [0.2, 0.25) is 5.02 Å². The molecule has 6 heteroatoms. The molecule has 0 spiro atoms. The summed E-state index contributed by atoms with van der Waals surface area (Å²) in [6, 6.07) is 4.01. The molecule has 0 aromatic heterocycles. The molecule has 1 atom stereocenters. The monoisotopic (exact) mass is 298 g/mol. The summed E-state index contributed by atoms with van der Waals surface area (Å²) >= 11 is 5.83. The molecule has 1 aromatic carbocycles. The third kappa shape index (κ3) is 4.13. The lowest BCUT2D eigenvalue weighted by molar-refractivity contribution is 0.0698. The van der Waals surface area contributed by atoms with Crippen LogP contribution in [0.1, 0.15) is 38.1 Å². The van der Waals surface area contributed by atoms with Crippen molar-refractivity contribution in [3.8, 4) is 0 Å². The quantitative estimate of drug-likeness (QED) is 0.798. The molecule has 0 heterocycles. The largest absolute Gasteiger partial charge is 0.478 e. The number of amides is 2. The fourth-order valence-electron chi connectivity index (χ4n) is 1.42. The van der Waals surface area contributed by atoms with Gasteiger partial charge in [-0.1, -0.05) is 38.4 Å². The van der Waals surface area contributed by atoms with E-state index in [1.54, 1.807) is 6.07 Å². The SMILES string of the molecule is CC(NC(=O)Nc1cccc(Cl)c1C(=O)O)C(C)(C)C. The lowest BCUT2D eigenvalue weighted by Gasteiger charge is -2.28. The van der Waals surface area contributed by atoms with E-state index in [0.29, 0.717) is 0 Å². The summed E-state index contributed by atoms with van der Waals surface area (Å²) in [6.45, 7) is 7.88. The topological polar surface area (TPSA) is 78.4 Å². The summed E-state index contributed by atoms with van der Waals surface area (Å²) < 4.78 is 0. The maximum absolute atomic E-state index is 11.9. The van der Waals surface area contributed by atoms with E-state index in [1.165, 1.54) is 12.1 Å². The maximum atomic E-state index is 11.9. The van der Waals surface area contributed by atoms with Crippen molar-refractivity contribution in [2.75, 3.05) is 5.32 Å². The number of urea groups is 1. The minimum atomic E-state index is -1.19. The Morgan fingerprint density at radius 2 is 1.90 bits per heavy atom. The molecule has 3 N–H and O–H groups in total. The Kier molecular flexibility index (Phi) is 5.00. The maximum Gasteiger partial charge on any atom is 0.339 e. The van der Waals surface area contributed by atoms with Gasteiger partial charge in [-0.15, -0.1) is 0 Å². The first-order valence-electron chi connectivity index (χ1n) is 6.22. The second-order valence-electron chi connectivity index (χ2n) is 5.65. The Balaban J connectivity index is 2.87. The second-order valence-corrected chi connectivity index (χ2v) is 6.06. The molecule has 0 aliphatic heterocycles. The fraction of sp³-hybridized carbons (Fsp3) is 0.429. The van der Waals surface area contributed by atoms with Crippen molar-refractivity contribution in [2.24, 2.45) is 5.41 Å². The molecular weight excluding hydrogens is 280 g/mol. The van der Waals surface area contributed by atoms with Crippen molar-refractivity contribution in [1.82, 2.24) is 5.32 Å². The van der Waals surface area contributed by atoms with E-state index in [1.807, 2.05) is 27.7 Å². The highest BCUT2D eigenvalue weighted by Gasteiger charge is 2.22.